The monoisotopic (exact) mass is 301 g/mol. The van der Waals surface area contributed by atoms with Crippen molar-refractivity contribution in [2.45, 2.75) is 18.7 Å². The molecule has 6 nitrogen and oxygen atoms in total. The van der Waals surface area contributed by atoms with Crippen LogP contribution in [0.15, 0.2) is 41.1 Å². The van der Waals surface area contributed by atoms with Gasteiger partial charge in [-0.25, -0.2) is 0 Å². The molecule has 0 fully saturated rings. The Bertz CT molecular complexity index is 694. The third-order valence-corrected chi connectivity index (χ3v) is 3.52. The average molecular weight is 301 g/mol. The molecule has 0 aliphatic heterocycles. The minimum absolute atomic E-state index is 0.421. The molecule has 108 valence electrons. The van der Waals surface area contributed by atoms with Crippen molar-refractivity contribution in [2.75, 3.05) is 6.26 Å². The van der Waals surface area contributed by atoms with Gasteiger partial charge in [-0.05, 0) is 18.2 Å². The largest absolute Gasteiger partial charge is 0.332 e. The first-order chi connectivity index (χ1) is 10.3. The summed E-state index contributed by atoms with van der Waals surface area (Å²) in [4.78, 5) is 4.29. The summed E-state index contributed by atoms with van der Waals surface area (Å²) >= 11 is 1.65. The number of aromatic nitrogens is 5. The van der Waals surface area contributed by atoms with Gasteiger partial charge in [0.2, 0.25) is 0 Å². The Balaban J connectivity index is 1.65. The molecule has 7 heteroatoms. The van der Waals surface area contributed by atoms with Crippen LogP contribution in [0.2, 0.25) is 0 Å². The van der Waals surface area contributed by atoms with Crippen LogP contribution in [0, 0.1) is 0 Å². The van der Waals surface area contributed by atoms with Gasteiger partial charge in [-0.3, -0.25) is 4.68 Å². The molecule has 0 N–H and O–H groups in total. The number of benzene rings is 1. The highest BCUT2D eigenvalue weighted by Gasteiger charge is 2.12. The summed E-state index contributed by atoms with van der Waals surface area (Å²) in [6, 6.07) is 10.3. The smallest absolute Gasteiger partial charge is 0.280 e. The summed E-state index contributed by atoms with van der Waals surface area (Å²) in [5.74, 6) is 1.83. The third-order valence-electron chi connectivity index (χ3n) is 2.97. The lowest BCUT2D eigenvalue weighted by Crippen LogP contribution is -2.01. The Morgan fingerprint density at radius 2 is 2.10 bits per heavy atom. The predicted octanol–water partition coefficient (Wildman–Crippen LogP) is 2.43. The second-order valence-corrected chi connectivity index (χ2v) is 5.42. The van der Waals surface area contributed by atoms with Gasteiger partial charge in [0.1, 0.15) is 0 Å². The molecule has 0 atom stereocenters. The van der Waals surface area contributed by atoms with Gasteiger partial charge in [0, 0.05) is 6.54 Å². The number of hydrogen-bond acceptors (Lipinski definition) is 6. The lowest BCUT2D eigenvalue weighted by molar-refractivity contribution is 0.424. The van der Waals surface area contributed by atoms with E-state index in [1.165, 1.54) is 5.56 Å². The van der Waals surface area contributed by atoms with Crippen molar-refractivity contribution in [1.29, 1.82) is 0 Å². The van der Waals surface area contributed by atoms with Crippen LogP contribution in [-0.4, -0.2) is 31.4 Å². The van der Waals surface area contributed by atoms with Gasteiger partial charge in [0.05, 0.1) is 11.9 Å². The van der Waals surface area contributed by atoms with Crippen LogP contribution in [0.25, 0.3) is 11.6 Å². The summed E-state index contributed by atoms with van der Waals surface area (Å²) in [6.45, 7) is 0.767. The van der Waals surface area contributed by atoms with Crippen LogP contribution >= 0.6 is 11.8 Å². The summed E-state index contributed by atoms with van der Waals surface area (Å²) in [5.41, 5.74) is 1.89. The molecule has 0 bridgehead atoms. The maximum Gasteiger partial charge on any atom is 0.280 e. The Kier molecular flexibility index (Phi) is 4.30. The van der Waals surface area contributed by atoms with E-state index in [0.717, 1.165) is 18.7 Å². The number of rotatable bonds is 6. The van der Waals surface area contributed by atoms with E-state index >= 15 is 0 Å². The maximum absolute atomic E-state index is 5.19. The van der Waals surface area contributed by atoms with Crippen LogP contribution in [0.3, 0.4) is 0 Å². The molecule has 1 aromatic carbocycles. The zero-order valence-electron chi connectivity index (χ0n) is 11.6. The predicted molar refractivity (Wildman–Crippen MR) is 80.7 cm³/mol. The molecule has 3 rings (SSSR count). The molecule has 0 spiro atoms. The van der Waals surface area contributed by atoms with Crippen molar-refractivity contribution in [3.8, 4) is 11.6 Å². The van der Waals surface area contributed by atoms with Crippen molar-refractivity contribution in [2.24, 2.45) is 0 Å². The van der Waals surface area contributed by atoms with Crippen molar-refractivity contribution in [1.82, 2.24) is 25.1 Å². The van der Waals surface area contributed by atoms with E-state index in [1.807, 2.05) is 30.7 Å². The second kappa shape index (κ2) is 6.53. The molecule has 0 saturated heterocycles. The number of nitrogens with zero attached hydrogens (tertiary/aromatic N) is 5. The van der Waals surface area contributed by atoms with Crippen LogP contribution in [-0.2, 0) is 18.7 Å². The molecule has 21 heavy (non-hydrogen) atoms. The molecule has 0 radical (unpaired) electrons. The molecule has 0 amide bonds. The van der Waals surface area contributed by atoms with Gasteiger partial charge in [-0.15, -0.1) is 5.10 Å². The minimum atomic E-state index is 0.421. The van der Waals surface area contributed by atoms with Crippen LogP contribution in [0.4, 0.5) is 0 Å². The van der Waals surface area contributed by atoms with Crippen molar-refractivity contribution < 1.29 is 4.52 Å². The fourth-order valence-corrected chi connectivity index (χ4v) is 2.32. The van der Waals surface area contributed by atoms with E-state index in [4.69, 9.17) is 4.52 Å². The third kappa shape index (κ3) is 3.49. The van der Waals surface area contributed by atoms with Crippen molar-refractivity contribution in [3.63, 3.8) is 0 Å². The molecular weight excluding hydrogens is 286 g/mol. The Morgan fingerprint density at radius 1 is 1.24 bits per heavy atom. The van der Waals surface area contributed by atoms with Crippen LogP contribution in [0.5, 0.6) is 0 Å². The molecule has 0 aliphatic rings. The molecule has 0 saturated carbocycles. The average Bonchev–Trinajstić information content (AvgIpc) is 3.15. The summed E-state index contributed by atoms with van der Waals surface area (Å²) in [6.07, 6.45) is 4.74. The lowest BCUT2D eigenvalue weighted by atomic mass is 10.1. The van der Waals surface area contributed by atoms with Crippen molar-refractivity contribution in [3.05, 3.63) is 47.9 Å². The molecule has 0 unspecified atom stereocenters. The Morgan fingerprint density at radius 3 is 2.90 bits per heavy atom. The first-order valence-corrected chi connectivity index (χ1v) is 8.00. The summed E-state index contributed by atoms with van der Waals surface area (Å²) in [5, 5.41) is 12.1. The van der Waals surface area contributed by atoms with E-state index in [9.17, 15) is 0 Å². The van der Waals surface area contributed by atoms with E-state index in [-0.39, 0.29) is 0 Å². The number of hydrogen-bond donors (Lipinski definition) is 0. The highest BCUT2D eigenvalue weighted by atomic mass is 32.2. The second-order valence-electron chi connectivity index (χ2n) is 4.55. The molecule has 3 aromatic rings. The fraction of sp³-hybridized carbons (Fsp3) is 0.286. The van der Waals surface area contributed by atoms with E-state index in [2.05, 4.69) is 32.6 Å². The molecule has 0 aliphatic carbocycles. The van der Waals surface area contributed by atoms with E-state index < -0.39 is 0 Å². The summed E-state index contributed by atoms with van der Waals surface area (Å²) in [7, 11) is 0. The van der Waals surface area contributed by atoms with Gasteiger partial charge in [-0.2, -0.15) is 16.7 Å². The summed E-state index contributed by atoms with van der Waals surface area (Å²) < 4.78 is 6.98. The normalized spacial score (nSPS) is 10.9. The van der Waals surface area contributed by atoms with Gasteiger partial charge >= 0.3 is 0 Å². The number of aryl methyl sites for hydroxylation is 2. The fourth-order valence-electron chi connectivity index (χ4n) is 1.94. The molecule has 2 aromatic heterocycles. The van der Waals surface area contributed by atoms with E-state index in [0.29, 0.717) is 17.4 Å². The van der Waals surface area contributed by atoms with Crippen LogP contribution in [0.1, 0.15) is 11.4 Å². The highest BCUT2D eigenvalue weighted by molar-refractivity contribution is 7.97. The first-order valence-electron chi connectivity index (χ1n) is 6.61. The zero-order valence-corrected chi connectivity index (χ0v) is 12.5. The molecular formula is C14H15N5OS. The van der Waals surface area contributed by atoms with Gasteiger partial charge in [0.25, 0.3) is 5.89 Å². The Hall–Kier alpha value is -2.15. The minimum Gasteiger partial charge on any atom is -0.332 e. The SMILES string of the molecule is CSCc1noc(-c2cn(CCc3ccccc3)nn2)n1. The quantitative estimate of drug-likeness (QED) is 0.696. The lowest BCUT2D eigenvalue weighted by Gasteiger charge is -2.00. The van der Waals surface area contributed by atoms with Crippen LogP contribution < -0.4 is 0 Å². The maximum atomic E-state index is 5.19. The topological polar surface area (TPSA) is 69.6 Å². The van der Waals surface area contributed by atoms with Gasteiger partial charge in [0.15, 0.2) is 11.5 Å². The first kappa shape index (κ1) is 13.8. The standard InChI is InChI=1S/C14H15N5OS/c1-21-10-13-15-14(20-17-13)12-9-19(18-16-12)8-7-11-5-3-2-4-6-11/h2-6,9H,7-8,10H2,1H3. The number of thioether (sulfide) groups is 1. The van der Waals surface area contributed by atoms with Gasteiger partial charge in [-0.1, -0.05) is 40.7 Å². The zero-order chi connectivity index (χ0) is 14.5. The van der Waals surface area contributed by atoms with E-state index in [1.54, 1.807) is 16.4 Å². The van der Waals surface area contributed by atoms with Gasteiger partial charge < -0.3 is 4.52 Å². The highest BCUT2D eigenvalue weighted by Crippen LogP contribution is 2.15. The molecule has 2 heterocycles. The Labute approximate surface area is 126 Å². The van der Waals surface area contributed by atoms with Crippen molar-refractivity contribution >= 4 is 11.8 Å².